The van der Waals surface area contributed by atoms with Crippen LogP contribution in [0.5, 0.6) is 0 Å². The van der Waals surface area contributed by atoms with Gasteiger partial charge in [-0.15, -0.1) is 24.0 Å². The van der Waals surface area contributed by atoms with Gasteiger partial charge >= 0.3 is 0 Å². The molecule has 3 N–H and O–H groups in total. The van der Waals surface area contributed by atoms with E-state index in [1.165, 1.54) is 19.4 Å². The summed E-state index contributed by atoms with van der Waals surface area (Å²) in [5.74, 6) is 1.29. The molecular formula is C11H25IN4. The number of guanidine groups is 1. The van der Waals surface area contributed by atoms with Gasteiger partial charge in [-0.3, -0.25) is 4.99 Å². The van der Waals surface area contributed by atoms with Crippen molar-refractivity contribution < 1.29 is 0 Å². The van der Waals surface area contributed by atoms with E-state index in [0.717, 1.165) is 26.1 Å². The lowest BCUT2D eigenvalue weighted by Gasteiger charge is -2.28. The molecule has 0 amide bonds. The largest absolute Gasteiger partial charge is 0.370 e. The second-order valence-corrected chi connectivity index (χ2v) is 4.42. The van der Waals surface area contributed by atoms with Gasteiger partial charge in [0.05, 0.1) is 0 Å². The number of hydrogen-bond acceptors (Lipinski definition) is 2. The minimum Gasteiger partial charge on any atom is -0.370 e. The van der Waals surface area contributed by atoms with Crippen molar-refractivity contribution in [1.82, 2.24) is 10.2 Å². The quantitative estimate of drug-likeness (QED) is 0.460. The molecule has 1 heterocycles. The van der Waals surface area contributed by atoms with Gasteiger partial charge in [0, 0.05) is 19.6 Å². The van der Waals surface area contributed by atoms with Crippen LogP contribution in [0.4, 0.5) is 0 Å². The average Bonchev–Trinajstić information content (AvgIpc) is 2.23. The highest BCUT2D eigenvalue weighted by Gasteiger charge is 2.16. The molecule has 0 aromatic heterocycles. The maximum absolute atomic E-state index is 5.74. The first kappa shape index (κ1) is 16.0. The predicted molar refractivity (Wildman–Crippen MR) is 80.4 cm³/mol. The minimum atomic E-state index is 0. The summed E-state index contributed by atoms with van der Waals surface area (Å²) in [6.45, 7) is 6.29. The predicted octanol–water partition coefficient (Wildman–Crippen LogP) is 1.26. The lowest BCUT2D eigenvalue weighted by atomic mass is 9.99. The van der Waals surface area contributed by atoms with Gasteiger partial charge in [-0.2, -0.15) is 0 Å². The fraction of sp³-hybridized carbons (Fsp3) is 0.909. The highest BCUT2D eigenvalue weighted by atomic mass is 127. The highest BCUT2D eigenvalue weighted by molar-refractivity contribution is 14.0. The first-order chi connectivity index (χ1) is 7.22. The van der Waals surface area contributed by atoms with Crippen molar-refractivity contribution in [2.75, 3.05) is 33.2 Å². The smallest absolute Gasteiger partial charge is 0.188 e. The summed E-state index contributed by atoms with van der Waals surface area (Å²) in [5, 5.41) is 3.10. The topological polar surface area (TPSA) is 53.6 Å². The van der Waals surface area contributed by atoms with Crippen LogP contribution in [0, 0.1) is 5.92 Å². The molecule has 0 aliphatic carbocycles. The van der Waals surface area contributed by atoms with Crippen LogP contribution in [0.15, 0.2) is 4.99 Å². The highest BCUT2D eigenvalue weighted by Crippen LogP contribution is 2.14. The number of rotatable bonds is 4. The van der Waals surface area contributed by atoms with Crippen LogP contribution in [0.25, 0.3) is 0 Å². The van der Waals surface area contributed by atoms with E-state index in [0.29, 0.717) is 11.9 Å². The molecule has 0 bridgehead atoms. The fourth-order valence-corrected chi connectivity index (χ4v) is 1.96. The number of nitrogens with two attached hydrogens (primary N) is 1. The third-order valence-corrected chi connectivity index (χ3v) is 2.80. The number of hydrogen-bond donors (Lipinski definition) is 2. The molecule has 1 fully saturated rings. The Hall–Kier alpha value is -0.0400. The average molecular weight is 340 g/mol. The van der Waals surface area contributed by atoms with E-state index in [-0.39, 0.29) is 24.0 Å². The molecule has 0 radical (unpaired) electrons. The summed E-state index contributed by atoms with van der Waals surface area (Å²) >= 11 is 0. The molecule has 1 aliphatic rings. The van der Waals surface area contributed by atoms with Crippen LogP contribution >= 0.6 is 24.0 Å². The van der Waals surface area contributed by atoms with Crippen molar-refractivity contribution in [3.63, 3.8) is 0 Å². The van der Waals surface area contributed by atoms with E-state index in [9.17, 15) is 0 Å². The molecule has 1 atom stereocenters. The molecule has 5 heteroatoms. The lowest BCUT2D eigenvalue weighted by molar-refractivity contribution is 0.214. The molecule has 0 aromatic rings. The molecule has 96 valence electrons. The molecule has 0 saturated carbocycles. The van der Waals surface area contributed by atoms with Crippen molar-refractivity contribution in [1.29, 1.82) is 0 Å². The van der Waals surface area contributed by atoms with Gasteiger partial charge in [0.15, 0.2) is 5.96 Å². The summed E-state index contributed by atoms with van der Waals surface area (Å²) in [6, 6.07) is 0. The van der Waals surface area contributed by atoms with Crippen molar-refractivity contribution >= 4 is 29.9 Å². The van der Waals surface area contributed by atoms with Crippen LogP contribution in [-0.2, 0) is 0 Å². The van der Waals surface area contributed by atoms with Crippen molar-refractivity contribution in [3.8, 4) is 0 Å². The summed E-state index contributed by atoms with van der Waals surface area (Å²) < 4.78 is 0. The zero-order chi connectivity index (χ0) is 11.1. The van der Waals surface area contributed by atoms with E-state index >= 15 is 0 Å². The monoisotopic (exact) mass is 340 g/mol. The Bertz CT molecular complexity index is 208. The summed E-state index contributed by atoms with van der Waals surface area (Å²) in [6.07, 6.45) is 3.66. The molecule has 1 rings (SSSR count). The van der Waals surface area contributed by atoms with Crippen LogP contribution in [0.3, 0.4) is 0 Å². The second-order valence-electron chi connectivity index (χ2n) is 4.42. The number of likely N-dealkylation sites (tertiary alicyclic amines) is 1. The normalized spacial score (nSPS) is 22.6. The fourth-order valence-electron chi connectivity index (χ4n) is 1.96. The second kappa shape index (κ2) is 9.04. The van der Waals surface area contributed by atoms with Crippen molar-refractivity contribution in [2.24, 2.45) is 16.6 Å². The van der Waals surface area contributed by atoms with Gasteiger partial charge in [0.1, 0.15) is 0 Å². The Labute approximate surface area is 116 Å². The van der Waals surface area contributed by atoms with E-state index in [1.807, 2.05) is 0 Å². The Morgan fingerprint density at radius 3 is 2.94 bits per heavy atom. The molecule has 4 nitrogen and oxygen atoms in total. The number of halogens is 1. The van der Waals surface area contributed by atoms with E-state index in [1.54, 1.807) is 0 Å². The first-order valence-corrected chi connectivity index (χ1v) is 5.94. The number of nitrogens with one attached hydrogen (secondary N) is 1. The van der Waals surface area contributed by atoms with Gasteiger partial charge in [0.25, 0.3) is 0 Å². The Balaban J connectivity index is 0.00000225. The Morgan fingerprint density at radius 2 is 2.31 bits per heavy atom. The zero-order valence-corrected chi connectivity index (χ0v) is 12.7. The van der Waals surface area contributed by atoms with E-state index < -0.39 is 0 Å². The third kappa shape index (κ3) is 6.52. The SMILES string of the molecule is CCCNC(N)=NCC1CCCN(C)C1.I. The number of nitrogens with zero attached hydrogens (tertiary/aromatic N) is 2. The summed E-state index contributed by atoms with van der Waals surface area (Å²) in [5.41, 5.74) is 5.74. The lowest BCUT2D eigenvalue weighted by Crippen LogP contribution is -2.36. The summed E-state index contributed by atoms with van der Waals surface area (Å²) in [4.78, 5) is 6.75. The molecule has 1 unspecified atom stereocenters. The van der Waals surface area contributed by atoms with Crippen LogP contribution in [-0.4, -0.2) is 44.1 Å². The zero-order valence-electron chi connectivity index (χ0n) is 10.4. The van der Waals surface area contributed by atoms with Crippen LogP contribution in [0.2, 0.25) is 0 Å². The molecular weight excluding hydrogens is 315 g/mol. The Kier molecular flexibility index (Phi) is 9.02. The first-order valence-electron chi connectivity index (χ1n) is 5.94. The van der Waals surface area contributed by atoms with Gasteiger partial charge in [0.2, 0.25) is 0 Å². The summed E-state index contributed by atoms with van der Waals surface area (Å²) in [7, 11) is 2.18. The maximum Gasteiger partial charge on any atom is 0.188 e. The molecule has 1 saturated heterocycles. The minimum absolute atomic E-state index is 0. The van der Waals surface area contributed by atoms with Crippen molar-refractivity contribution in [2.45, 2.75) is 26.2 Å². The number of aliphatic imine (C=N–C) groups is 1. The van der Waals surface area contributed by atoms with Gasteiger partial charge in [-0.25, -0.2) is 0 Å². The van der Waals surface area contributed by atoms with Gasteiger partial charge in [-0.05, 0) is 38.8 Å². The maximum atomic E-state index is 5.74. The van der Waals surface area contributed by atoms with E-state index in [4.69, 9.17) is 5.73 Å². The van der Waals surface area contributed by atoms with Crippen LogP contribution < -0.4 is 11.1 Å². The third-order valence-electron chi connectivity index (χ3n) is 2.80. The van der Waals surface area contributed by atoms with Crippen LogP contribution in [0.1, 0.15) is 26.2 Å². The standard InChI is InChI=1S/C11H24N4.HI/c1-3-6-13-11(12)14-8-10-5-4-7-15(2)9-10;/h10H,3-9H2,1-2H3,(H3,12,13,14);1H. The number of piperidine rings is 1. The van der Waals surface area contributed by atoms with Gasteiger partial charge < -0.3 is 16.0 Å². The van der Waals surface area contributed by atoms with Crippen molar-refractivity contribution in [3.05, 3.63) is 0 Å². The molecule has 1 aliphatic heterocycles. The molecule has 16 heavy (non-hydrogen) atoms. The molecule has 0 aromatic carbocycles. The molecule has 0 spiro atoms. The Morgan fingerprint density at radius 1 is 1.56 bits per heavy atom. The van der Waals surface area contributed by atoms with Gasteiger partial charge in [-0.1, -0.05) is 6.92 Å². The van der Waals surface area contributed by atoms with E-state index in [2.05, 4.69) is 29.2 Å².